The van der Waals surface area contributed by atoms with E-state index < -0.39 is 6.10 Å². The molecule has 2 fully saturated rings. The molecule has 2 saturated heterocycles. The maximum atomic E-state index is 12.6. The summed E-state index contributed by atoms with van der Waals surface area (Å²) in [5.41, 5.74) is 1.09. The lowest BCUT2D eigenvalue weighted by Crippen LogP contribution is -2.50. The van der Waals surface area contributed by atoms with Crippen LogP contribution in [-0.4, -0.2) is 53.8 Å². The van der Waals surface area contributed by atoms with Gasteiger partial charge in [0.15, 0.2) is 0 Å². The number of nitrogens with zero attached hydrogens (tertiary/aromatic N) is 1. The van der Waals surface area contributed by atoms with Gasteiger partial charge in [-0.1, -0.05) is 30.3 Å². The Morgan fingerprint density at radius 3 is 2.87 bits per heavy atom. The van der Waals surface area contributed by atoms with E-state index in [4.69, 9.17) is 4.74 Å². The van der Waals surface area contributed by atoms with Crippen molar-refractivity contribution in [1.82, 2.24) is 10.2 Å². The van der Waals surface area contributed by atoms with Crippen molar-refractivity contribution < 1.29 is 14.6 Å². The van der Waals surface area contributed by atoms with Crippen molar-refractivity contribution in [2.75, 3.05) is 19.7 Å². The first-order valence-electron chi connectivity index (χ1n) is 8.59. The van der Waals surface area contributed by atoms with E-state index in [1.54, 1.807) is 0 Å². The molecule has 3 rings (SSSR count). The third-order valence-electron chi connectivity index (χ3n) is 4.79. The van der Waals surface area contributed by atoms with Gasteiger partial charge in [0.05, 0.1) is 31.4 Å². The summed E-state index contributed by atoms with van der Waals surface area (Å²) in [5, 5.41) is 13.7. The van der Waals surface area contributed by atoms with Crippen LogP contribution in [0.15, 0.2) is 30.3 Å². The molecule has 0 radical (unpaired) electrons. The van der Waals surface area contributed by atoms with Crippen LogP contribution in [0.2, 0.25) is 0 Å². The van der Waals surface area contributed by atoms with Crippen LogP contribution in [0.5, 0.6) is 0 Å². The van der Waals surface area contributed by atoms with Crippen LogP contribution in [0.3, 0.4) is 0 Å². The summed E-state index contributed by atoms with van der Waals surface area (Å²) in [4.78, 5) is 14.4. The molecule has 2 aliphatic heterocycles. The monoisotopic (exact) mass is 318 g/mol. The summed E-state index contributed by atoms with van der Waals surface area (Å²) in [7, 11) is 0. The summed E-state index contributed by atoms with van der Waals surface area (Å²) in [6.07, 6.45) is 3.15. The second kappa shape index (κ2) is 7.90. The molecule has 0 aliphatic carbocycles. The van der Waals surface area contributed by atoms with E-state index in [2.05, 4.69) is 5.32 Å². The average Bonchev–Trinajstić information content (AvgIpc) is 3.27. The van der Waals surface area contributed by atoms with E-state index in [-0.39, 0.29) is 24.6 Å². The van der Waals surface area contributed by atoms with E-state index in [1.807, 2.05) is 35.2 Å². The van der Waals surface area contributed by atoms with Gasteiger partial charge in [-0.25, -0.2) is 0 Å². The van der Waals surface area contributed by atoms with E-state index >= 15 is 0 Å². The van der Waals surface area contributed by atoms with Crippen molar-refractivity contribution in [3.63, 3.8) is 0 Å². The molecule has 0 aromatic heterocycles. The number of hydrogen-bond donors (Lipinski definition) is 2. The van der Waals surface area contributed by atoms with Gasteiger partial charge in [-0.05, 0) is 37.8 Å². The second-order valence-electron chi connectivity index (χ2n) is 6.46. The molecule has 2 aliphatic rings. The van der Waals surface area contributed by atoms with Crippen molar-refractivity contribution in [2.24, 2.45) is 0 Å². The number of carbonyl (C=O) groups excluding carboxylic acids is 1. The molecule has 1 aromatic rings. The van der Waals surface area contributed by atoms with Gasteiger partial charge in [0.1, 0.15) is 0 Å². The fourth-order valence-electron chi connectivity index (χ4n) is 3.54. The first-order valence-corrected chi connectivity index (χ1v) is 8.59. The standard InChI is InChI=1S/C18H26N2O3/c21-17(13-23-12-14-6-2-1-3-7-14)16-9-5-11-20(16)18(22)15-8-4-10-19-15/h1-3,6-7,15-17,19,21H,4-5,8-13H2/t15-,16-,17?/m0/s1. The number of carbonyl (C=O) groups is 1. The molecule has 1 unspecified atom stereocenters. The minimum atomic E-state index is -0.619. The van der Waals surface area contributed by atoms with Crippen molar-refractivity contribution in [3.8, 4) is 0 Å². The Labute approximate surface area is 137 Å². The van der Waals surface area contributed by atoms with Crippen molar-refractivity contribution in [2.45, 2.75) is 50.5 Å². The SMILES string of the molecule is O=C([C@@H]1CCCN1)N1CCC[C@H]1C(O)COCc1ccccc1. The normalized spacial score (nSPS) is 25.7. The second-order valence-corrected chi connectivity index (χ2v) is 6.46. The zero-order chi connectivity index (χ0) is 16.1. The highest BCUT2D eigenvalue weighted by molar-refractivity contribution is 5.82. The lowest BCUT2D eigenvalue weighted by Gasteiger charge is -2.30. The van der Waals surface area contributed by atoms with Crippen LogP contribution in [0, 0.1) is 0 Å². The fourth-order valence-corrected chi connectivity index (χ4v) is 3.54. The number of benzene rings is 1. The summed E-state index contributed by atoms with van der Waals surface area (Å²) in [6.45, 7) is 2.42. The fraction of sp³-hybridized carbons (Fsp3) is 0.611. The number of ether oxygens (including phenoxy) is 1. The van der Waals surface area contributed by atoms with Crippen LogP contribution in [-0.2, 0) is 16.1 Å². The minimum absolute atomic E-state index is 0.0620. The van der Waals surface area contributed by atoms with Crippen molar-refractivity contribution >= 4 is 5.91 Å². The Hall–Kier alpha value is -1.43. The maximum absolute atomic E-state index is 12.6. The smallest absolute Gasteiger partial charge is 0.240 e. The van der Waals surface area contributed by atoms with Gasteiger partial charge in [-0.2, -0.15) is 0 Å². The number of aliphatic hydroxyl groups is 1. The first kappa shape index (κ1) is 16.4. The van der Waals surface area contributed by atoms with Gasteiger partial charge < -0.3 is 20.1 Å². The molecule has 1 aromatic carbocycles. The van der Waals surface area contributed by atoms with E-state index in [1.165, 1.54) is 0 Å². The van der Waals surface area contributed by atoms with Gasteiger partial charge >= 0.3 is 0 Å². The minimum Gasteiger partial charge on any atom is -0.389 e. The predicted octanol–water partition coefficient (Wildman–Crippen LogP) is 1.31. The molecule has 5 nitrogen and oxygen atoms in total. The van der Waals surface area contributed by atoms with Gasteiger partial charge in [-0.3, -0.25) is 4.79 Å². The van der Waals surface area contributed by atoms with Crippen LogP contribution in [0.1, 0.15) is 31.2 Å². The highest BCUT2D eigenvalue weighted by Crippen LogP contribution is 2.23. The van der Waals surface area contributed by atoms with Crippen molar-refractivity contribution in [3.05, 3.63) is 35.9 Å². The largest absolute Gasteiger partial charge is 0.389 e. The molecule has 3 atom stereocenters. The number of aliphatic hydroxyl groups excluding tert-OH is 1. The third kappa shape index (κ3) is 4.10. The topological polar surface area (TPSA) is 61.8 Å². The summed E-state index contributed by atoms with van der Waals surface area (Å²) in [5.74, 6) is 0.145. The number of hydrogen-bond acceptors (Lipinski definition) is 4. The Morgan fingerprint density at radius 2 is 2.13 bits per heavy atom. The highest BCUT2D eigenvalue weighted by Gasteiger charge is 2.37. The molecule has 2 N–H and O–H groups in total. The molecule has 1 amide bonds. The molecule has 2 heterocycles. The molecular weight excluding hydrogens is 292 g/mol. The lowest BCUT2D eigenvalue weighted by atomic mass is 10.1. The Morgan fingerprint density at radius 1 is 1.30 bits per heavy atom. The van der Waals surface area contributed by atoms with Gasteiger partial charge in [0.25, 0.3) is 0 Å². The van der Waals surface area contributed by atoms with Crippen molar-refractivity contribution in [1.29, 1.82) is 0 Å². The van der Waals surface area contributed by atoms with Crippen LogP contribution in [0.4, 0.5) is 0 Å². The molecular formula is C18H26N2O3. The molecule has 23 heavy (non-hydrogen) atoms. The average molecular weight is 318 g/mol. The van der Waals surface area contributed by atoms with E-state index in [0.29, 0.717) is 6.61 Å². The molecule has 5 heteroatoms. The number of nitrogens with one attached hydrogen (secondary N) is 1. The highest BCUT2D eigenvalue weighted by atomic mass is 16.5. The summed E-state index contributed by atoms with van der Waals surface area (Å²) >= 11 is 0. The Balaban J connectivity index is 1.49. The van der Waals surface area contributed by atoms with Gasteiger partial charge in [-0.15, -0.1) is 0 Å². The summed E-state index contributed by atoms with van der Waals surface area (Å²) < 4.78 is 5.64. The molecule has 0 bridgehead atoms. The molecule has 126 valence electrons. The number of amides is 1. The van der Waals surface area contributed by atoms with Gasteiger partial charge in [0.2, 0.25) is 5.91 Å². The van der Waals surface area contributed by atoms with Crippen LogP contribution in [0.25, 0.3) is 0 Å². The van der Waals surface area contributed by atoms with Gasteiger partial charge in [0, 0.05) is 6.54 Å². The lowest BCUT2D eigenvalue weighted by molar-refractivity contribution is -0.137. The Bertz CT molecular complexity index is 502. The van der Waals surface area contributed by atoms with E-state index in [0.717, 1.165) is 44.3 Å². The quantitative estimate of drug-likeness (QED) is 0.830. The number of rotatable bonds is 6. The zero-order valence-corrected chi connectivity index (χ0v) is 13.5. The number of likely N-dealkylation sites (tertiary alicyclic amines) is 1. The maximum Gasteiger partial charge on any atom is 0.240 e. The zero-order valence-electron chi connectivity index (χ0n) is 13.5. The molecule has 0 spiro atoms. The predicted molar refractivity (Wildman–Crippen MR) is 87.9 cm³/mol. The third-order valence-corrected chi connectivity index (χ3v) is 4.79. The molecule has 0 saturated carbocycles. The van der Waals surface area contributed by atoms with Crippen LogP contribution < -0.4 is 5.32 Å². The summed E-state index contributed by atoms with van der Waals surface area (Å²) in [6, 6.07) is 9.75. The van der Waals surface area contributed by atoms with Crippen LogP contribution >= 0.6 is 0 Å². The first-order chi connectivity index (χ1) is 11.3. The Kier molecular flexibility index (Phi) is 5.65. The van der Waals surface area contributed by atoms with E-state index in [9.17, 15) is 9.90 Å².